The summed E-state index contributed by atoms with van der Waals surface area (Å²) in [6.07, 6.45) is 5.82. The molecule has 0 radical (unpaired) electrons. The molecule has 0 fully saturated rings. The minimum Gasteiger partial charge on any atom is -0.497 e. The highest BCUT2D eigenvalue weighted by atomic mass is 32.1. The molecular formula is C19H15F3N2OS. The van der Waals surface area contributed by atoms with Gasteiger partial charge in [-0.2, -0.15) is 0 Å². The molecule has 0 bridgehead atoms. The number of ether oxygens (including phenoxy) is 1. The summed E-state index contributed by atoms with van der Waals surface area (Å²) >= 11 is 1.21. The lowest BCUT2D eigenvalue weighted by molar-refractivity contribution is 0.410. The number of benzene rings is 2. The molecule has 0 saturated heterocycles. The van der Waals surface area contributed by atoms with Gasteiger partial charge in [-0.1, -0.05) is 23.3 Å². The van der Waals surface area contributed by atoms with E-state index in [2.05, 4.69) is 10.9 Å². The number of hydrogen-bond acceptors (Lipinski definition) is 4. The largest absolute Gasteiger partial charge is 0.497 e. The molecule has 3 rings (SSSR count). The molecule has 3 nitrogen and oxygen atoms in total. The highest BCUT2D eigenvalue weighted by Gasteiger charge is 2.15. The van der Waals surface area contributed by atoms with Crippen LogP contribution in [-0.4, -0.2) is 25.2 Å². The summed E-state index contributed by atoms with van der Waals surface area (Å²) in [6.45, 7) is 0.667. The van der Waals surface area contributed by atoms with Crippen LogP contribution in [0, 0.1) is 29.8 Å². The van der Waals surface area contributed by atoms with Crippen molar-refractivity contribution in [2.24, 2.45) is 0 Å². The lowest BCUT2D eigenvalue weighted by Gasteiger charge is -2.19. The standard InChI is InChI=1S/C19H15F3N2OS/c1-3-7-24(8-6-12-4-5-13(25-2)9-14(12)20)19-23-17-10-15(21)16(22)11-18(17)26-19/h1,4-5,9-11H,6-8H2,2H3. The Balaban J connectivity index is 1.82. The van der Waals surface area contributed by atoms with E-state index in [0.717, 1.165) is 12.1 Å². The fourth-order valence-electron chi connectivity index (χ4n) is 2.51. The molecule has 1 aromatic heterocycles. The van der Waals surface area contributed by atoms with Gasteiger partial charge in [0.1, 0.15) is 11.6 Å². The Kier molecular flexibility index (Phi) is 5.33. The number of nitrogens with zero attached hydrogens (tertiary/aromatic N) is 2. The number of anilines is 1. The Bertz CT molecular complexity index is 942. The van der Waals surface area contributed by atoms with E-state index in [-0.39, 0.29) is 12.4 Å². The zero-order valence-corrected chi connectivity index (χ0v) is 14.7. The smallest absolute Gasteiger partial charge is 0.187 e. The third-order valence-corrected chi connectivity index (χ3v) is 4.96. The van der Waals surface area contributed by atoms with E-state index < -0.39 is 11.6 Å². The van der Waals surface area contributed by atoms with E-state index in [1.807, 2.05) is 0 Å². The predicted octanol–water partition coefficient (Wildman–Crippen LogP) is 4.40. The lowest BCUT2D eigenvalue weighted by atomic mass is 10.1. The van der Waals surface area contributed by atoms with Crippen molar-refractivity contribution in [1.29, 1.82) is 0 Å². The topological polar surface area (TPSA) is 25.4 Å². The lowest BCUT2D eigenvalue weighted by Crippen LogP contribution is -2.26. The van der Waals surface area contributed by atoms with Crippen LogP contribution in [0.5, 0.6) is 5.75 Å². The normalized spacial score (nSPS) is 10.7. The number of hydrogen-bond donors (Lipinski definition) is 0. The van der Waals surface area contributed by atoms with Crippen molar-refractivity contribution in [3.63, 3.8) is 0 Å². The van der Waals surface area contributed by atoms with Crippen molar-refractivity contribution in [2.75, 3.05) is 25.1 Å². The molecule has 134 valence electrons. The average molecular weight is 376 g/mol. The molecule has 0 saturated carbocycles. The van der Waals surface area contributed by atoms with Gasteiger partial charge in [-0.3, -0.25) is 0 Å². The molecular weight excluding hydrogens is 361 g/mol. The summed E-state index contributed by atoms with van der Waals surface area (Å²) in [4.78, 5) is 6.11. The molecule has 0 aliphatic heterocycles. The SMILES string of the molecule is C#CCN(CCc1ccc(OC)cc1F)c1nc2cc(F)c(F)cc2s1. The minimum atomic E-state index is -0.946. The van der Waals surface area contributed by atoms with Gasteiger partial charge in [0.2, 0.25) is 0 Å². The Morgan fingerprint density at radius 3 is 2.62 bits per heavy atom. The Morgan fingerprint density at radius 1 is 1.15 bits per heavy atom. The van der Waals surface area contributed by atoms with Crippen LogP contribution < -0.4 is 9.64 Å². The van der Waals surface area contributed by atoms with Gasteiger partial charge in [-0.05, 0) is 24.1 Å². The molecule has 2 aromatic carbocycles. The number of halogens is 3. The molecule has 0 spiro atoms. The van der Waals surface area contributed by atoms with E-state index in [0.29, 0.717) is 39.6 Å². The highest BCUT2D eigenvalue weighted by Crippen LogP contribution is 2.30. The van der Waals surface area contributed by atoms with E-state index in [4.69, 9.17) is 11.2 Å². The quantitative estimate of drug-likeness (QED) is 0.596. The number of terminal acetylenes is 1. The third-order valence-electron chi connectivity index (χ3n) is 3.88. The van der Waals surface area contributed by atoms with Gasteiger partial charge in [0.15, 0.2) is 16.8 Å². The average Bonchev–Trinajstić information content (AvgIpc) is 3.02. The van der Waals surface area contributed by atoms with Crippen LogP contribution in [0.3, 0.4) is 0 Å². The van der Waals surface area contributed by atoms with Crippen LogP contribution in [0.2, 0.25) is 0 Å². The van der Waals surface area contributed by atoms with Crippen LogP contribution in [0.15, 0.2) is 30.3 Å². The van der Waals surface area contributed by atoms with E-state index in [1.54, 1.807) is 17.0 Å². The molecule has 0 aliphatic carbocycles. The summed E-state index contributed by atoms with van der Waals surface area (Å²) in [5.41, 5.74) is 0.882. The van der Waals surface area contributed by atoms with Crippen molar-refractivity contribution < 1.29 is 17.9 Å². The summed E-state index contributed by atoms with van der Waals surface area (Å²) in [7, 11) is 1.47. The maximum Gasteiger partial charge on any atom is 0.187 e. The second kappa shape index (κ2) is 7.67. The Labute approximate surface area is 153 Å². The molecule has 0 atom stereocenters. The number of methoxy groups -OCH3 is 1. The maximum absolute atomic E-state index is 14.1. The molecule has 0 amide bonds. The van der Waals surface area contributed by atoms with Crippen molar-refractivity contribution >= 4 is 26.7 Å². The first-order chi connectivity index (χ1) is 12.5. The van der Waals surface area contributed by atoms with Gasteiger partial charge in [0, 0.05) is 18.7 Å². The van der Waals surface area contributed by atoms with Crippen molar-refractivity contribution in [3.8, 4) is 18.1 Å². The second-order valence-corrected chi connectivity index (χ2v) is 6.57. The molecule has 0 N–H and O–H groups in total. The summed E-state index contributed by atoms with van der Waals surface area (Å²) in [6, 6.07) is 6.84. The zero-order chi connectivity index (χ0) is 18.7. The number of aromatic nitrogens is 1. The molecule has 0 aliphatic rings. The number of thiazole rings is 1. The summed E-state index contributed by atoms with van der Waals surface area (Å²) in [5, 5.41) is 0.539. The highest BCUT2D eigenvalue weighted by molar-refractivity contribution is 7.22. The first kappa shape index (κ1) is 18.1. The molecule has 0 unspecified atom stereocenters. The zero-order valence-electron chi connectivity index (χ0n) is 13.9. The molecule has 3 aromatic rings. The molecule has 7 heteroatoms. The van der Waals surface area contributed by atoms with E-state index >= 15 is 0 Å². The predicted molar refractivity (Wildman–Crippen MR) is 97.2 cm³/mol. The third kappa shape index (κ3) is 3.75. The fraction of sp³-hybridized carbons (Fsp3) is 0.211. The Morgan fingerprint density at radius 2 is 1.92 bits per heavy atom. The van der Waals surface area contributed by atoms with Crippen molar-refractivity contribution in [2.45, 2.75) is 6.42 Å². The Hall–Kier alpha value is -2.72. The van der Waals surface area contributed by atoms with Crippen LogP contribution in [0.1, 0.15) is 5.56 Å². The van der Waals surface area contributed by atoms with Crippen molar-refractivity contribution in [1.82, 2.24) is 4.98 Å². The summed E-state index contributed by atoms with van der Waals surface area (Å²) < 4.78 is 46.4. The van der Waals surface area contributed by atoms with E-state index in [9.17, 15) is 13.2 Å². The van der Waals surface area contributed by atoms with Crippen LogP contribution in [0.4, 0.5) is 18.3 Å². The van der Waals surface area contributed by atoms with Gasteiger partial charge >= 0.3 is 0 Å². The van der Waals surface area contributed by atoms with Gasteiger partial charge in [-0.25, -0.2) is 18.2 Å². The summed E-state index contributed by atoms with van der Waals surface area (Å²) in [5.74, 6) is 0.751. The van der Waals surface area contributed by atoms with Crippen molar-refractivity contribution in [3.05, 3.63) is 53.3 Å². The molecule has 26 heavy (non-hydrogen) atoms. The van der Waals surface area contributed by atoms with Crippen LogP contribution in [-0.2, 0) is 6.42 Å². The number of rotatable bonds is 6. The fourth-order valence-corrected chi connectivity index (χ4v) is 3.51. The maximum atomic E-state index is 14.1. The van der Waals surface area contributed by atoms with Crippen LogP contribution >= 0.6 is 11.3 Å². The van der Waals surface area contributed by atoms with Gasteiger partial charge in [0.05, 0.1) is 23.9 Å². The van der Waals surface area contributed by atoms with Gasteiger partial charge < -0.3 is 9.64 Å². The van der Waals surface area contributed by atoms with Gasteiger partial charge in [0.25, 0.3) is 0 Å². The first-order valence-electron chi connectivity index (χ1n) is 7.78. The van der Waals surface area contributed by atoms with E-state index in [1.165, 1.54) is 24.5 Å². The number of fused-ring (bicyclic) bond motifs is 1. The molecule has 1 heterocycles. The monoisotopic (exact) mass is 376 g/mol. The first-order valence-corrected chi connectivity index (χ1v) is 8.60. The van der Waals surface area contributed by atoms with Gasteiger partial charge in [-0.15, -0.1) is 6.42 Å². The minimum absolute atomic E-state index is 0.253. The second-order valence-electron chi connectivity index (χ2n) is 5.56. The van der Waals surface area contributed by atoms with Crippen LogP contribution in [0.25, 0.3) is 10.2 Å².